The molecule has 0 saturated carbocycles. The van der Waals surface area contributed by atoms with E-state index in [-0.39, 0.29) is 17.9 Å². The SMILES string of the molecule is COc1ccc(C[C@@H]2CN(C(=O)c3ccncc3)CC[C@H]2OC)cc1. The molecule has 132 valence electrons. The molecule has 25 heavy (non-hydrogen) atoms. The Hall–Kier alpha value is -2.40. The minimum atomic E-state index is 0.0664. The number of benzene rings is 1. The van der Waals surface area contributed by atoms with Gasteiger partial charge >= 0.3 is 0 Å². The van der Waals surface area contributed by atoms with E-state index in [1.807, 2.05) is 17.0 Å². The molecular formula is C20H24N2O3. The number of hydrogen-bond donors (Lipinski definition) is 0. The third-order valence-electron chi connectivity index (χ3n) is 4.84. The first-order valence-corrected chi connectivity index (χ1v) is 8.56. The molecule has 0 aliphatic carbocycles. The first-order valence-electron chi connectivity index (χ1n) is 8.56. The maximum Gasteiger partial charge on any atom is 0.253 e. The second-order valence-electron chi connectivity index (χ2n) is 6.36. The Bertz CT molecular complexity index is 688. The summed E-state index contributed by atoms with van der Waals surface area (Å²) in [4.78, 5) is 18.6. The fourth-order valence-electron chi connectivity index (χ4n) is 3.44. The monoisotopic (exact) mass is 340 g/mol. The van der Waals surface area contributed by atoms with Gasteiger partial charge in [0.25, 0.3) is 5.91 Å². The number of piperidine rings is 1. The van der Waals surface area contributed by atoms with Gasteiger partial charge in [0.1, 0.15) is 5.75 Å². The molecule has 5 heteroatoms. The van der Waals surface area contributed by atoms with Gasteiger partial charge < -0.3 is 14.4 Å². The summed E-state index contributed by atoms with van der Waals surface area (Å²) >= 11 is 0. The van der Waals surface area contributed by atoms with E-state index >= 15 is 0 Å². The van der Waals surface area contributed by atoms with Crippen LogP contribution in [0.5, 0.6) is 5.75 Å². The number of hydrogen-bond acceptors (Lipinski definition) is 4. The van der Waals surface area contributed by atoms with Crippen LogP contribution in [0.25, 0.3) is 0 Å². The van der Waals surface area contributed by atoms with Gasteiger partial charge in [-0.1, -0.05) is 12.1 Å². The van der Waals surface area contributed by atoms with Crippen LogP contribution in [0.1, 0.15) is 22.3 Å². The number of methoxy groups -OCH3 is 2. The van der Waals surface area contributed by atoms with Gasteiger partial charge in [-0.3, -0.25) is 9.78 Å². The van der Waals surface area contributed by atoms with E-state index in [0.717, 1.165) is 25.1 Å². The van der Waals surface area contributed by atoms with Crippen molar-refractivity contribution in [2.24, 2.45) is 5.92 Å². The van der Waals surface area contributed by atoms with E-state index < -0.39 is 0 Å². The lowest BCUT2D eigenvalue weighted by atomic mass is 9.88. The topological polar surface area (TPSA) is 51.7 Å². The summed E-state index contributed by atoms with van der Waals surface area (Å²) in [6.45, 7) is 1.42. The van der Waals surface area contributed by atoms with Gasteiger partial charge in [-0.25, -0.2) is 0 Å². The van der Waals surface area contributed by atoms with Crippen LogP contribution in [-0.4, -0.2) is 49.2 Å². The minimum absolute atomic E-state index is 0.0664. The van der Waals surface area contributed by atoms with Crippen LogP contribution in [0, 0.1) is 5.92 Å². The lowest BCUT2D eigenvalue weighted by Crippen LogP contribution is -2.47. The van der Waals surface area contributed by atoms with Gasteiger partial charge in [0.2, 0.25) is 0 Å². The number of aromatic nitrogens is 1. The zero-order valence-corrected chi connectivity index (χ0v) is 14.7. The molecule has 3 rings (SSSR count). The molecule has 0 N–H and O–H groups in total. The van der Waals surface area contributed by atoms with E-state index in [9.17, 15) is 4.79 Å². The van der Waals surface area contributed by atoms with Crippen molar-refractivity contribution in [1.82, 2.24) is 9.88 Å². The van der Waals surface area contributed by atoms with E-state index in [0.29, 0.717) is 12.1 Å². The zero-order valence-electron chi connectivity index (χ0n) is 14.7. The number of amides is 1. The smallest absolute Gasteiger partial charge is 0.253 e. The van der Waals surface area contributed by atoms with Gasteiger partial charge in [-0.05, 0) is 42.7 Å². The predicted octanol–water partition coefficient (Wildman–Crippen LogP) is 2.81. The molecule has 1 aliphatic heterocycles. The van der Waals surface area contributed by atoms with Crippen LogP contribution in [0.2, 0.25) is 0 Å². The lowest BCUT2D eigenvalue weighted by Gasteiger charge is -2.38. The highest BCUT2D eigenvalue weighted by molar-refractivity contribution is 5.94. The van der Waals surface area contributed by atoms with E-state index in [4.69, 9.17) is 9.47 Å². The predicted molar refractivity (Wildman–Crippen MR) is 95.7 cm³/mol. The Morgan fingerprint density at radius 1 is 1.16 bits per heavy atom. The molecule has 1 fully saturated rings. The van der Waals surface area contributed by atoms with Crippen LogP contribution in [-0.2, 0) is 11.2 Å². The Morgan fingerprint density at radius 2 is 1.88 bits per heavy atom. The van der Waals surface area contributed by atoms with Gasteiger partial charge in [-0.2, -0.15) is 0 Å². The number of rotatable bonds is 5. The molecule has 1 aromatic heterocycles. The average molecular weight is 340 g/mol. The Labute approximate surface area is 148 Å². The molecule has 0 spiro atoms. The molecule has 0 radical (unpaired) electrons. The van der Waals surface area contributed by atoms with Crippen molar-refractivity contribution in [1.29, 1.82) is 0 Å². The second kappa shape index (κ2) is 8.12. The molecule has 2 heterocycles. The Balaban J connectivity index is 1.70. The molecule has 5 nitrogen and oxygen atoms in total. The summed E-state index contributed by atoms with van der Waals surface area (Å²) in [7, 11) is 3.42. The molecule has 2 atom stereocenters. The van der Waals surface area contributed by atoms with Gasteiger partial charge in [0.05, 0.1) is 13.2 Å². The minimum Gasteiger partial charge on any atom is -0.497 e. The molecule has 0 unspecified atom stereocenters. The second-order valence-corrected chi connectivity index (χ2v) is 6.36. The zero-order chi connectivity index (χ0) is 17.6. The van der Waals surface area contributed by atoms with Crippen molar-refractivity contribution in [2.75, 3.05) is 27.3 Å². The number of likely N-dealkylation sites (tertiary alicyclic amines) is 1. The fourth-order valence-corrected chi connectivity index (χ4v) is 3.44. The van der Waals surface area contributed by atoms with Crippen molar-refractivity contribution in [3.05, 3.63) is 59.9 Å². The highest BCUT2D eigenvalue weighted by atomic mass is 16.5. The van der Waals surface area contributed by atoms with Gasteiger partial charge in [0, 0.05) is 44.1 Å². The fraction of sp³-hybridized carbons (Fsp3) is 0.400. The first-order chi connectivity index (χ1) is 12.2. The maximum atomic E-state index is 12.7. The maximum absolute atomic E-state index is 12.7. The molecule has 1 aromatic carbocycles. The summed E-state index contributed by atoms with van der Waals surface area (Å²) < 4.78 is 10.9. The van der Waals surface area contributed by atoms with Crippen LogP contribution >= 0.6 is 0 Å². The van der Waals surface area contributed by atoms with Crippen LogP contribution < -0.4 is 4.74 Å². The molecule has 1 saturated heterocycles. The Morgan fingerprint density at radius 3 is 2.52 bits per heavy atom. The summed E-state index contributed by atoms with van der Waals surface area (Å²) in [5.41, 5.74) is 1.92. The highest BCUT2D eigenvalue weighted by Crippen LogP contribution is 2.25. The molecular weight excluding hydrogens is 316 g/mol. The van der Waals surface area contributed by atoms with Crippen LogP contribution in [0.15, 0.2) is 48.8 Å². The van der Waals surface area contributed by atoms with Gasteiger partial charge in [0.15, 0.2) is 0 Å². The molecule has 1 amide bonds. The van der Waals surface area contributed by atoms with E-state index in [2.05, 4.69) is 17.1 Å². The first kappa shape index (κ1) is 17.4. The van der Waals surface area contributed by atoms with Crippen LogP contribution in [0.3, 0.4) is 0 Å². The largest absolute Gasteiger partial charge is 0.497 e. The third kappa shape index (κ3) is 4.17. The van der Waals surface area contributed by atoms with Crippen molar-refractivity contribution in [3.8, 4) is 5.75 Å². The van der Waals surface area contributed by atoms with Gasteiger partial charge in [-0.15, -0.1) is 0 Å². The summed E-state index contributed by atoms with van der Waals surface area (Å²) in [5.74, 6) is 1.19. The summed E-state index contributed by atoms with van der Waals surface area (Å²) in [6.07, 6.45) is 5.22. The quantitative estimate of drug-likeness (QED) is 0.840. The average Bonchev–Trinajstić information content (AvgIpc) is 2.68. The third-order valence-corrected chi connectivity index (χ3v) is 4.84. The number of carbonyl (C=O) groups excluding carboxylic acids is 1. The van der Waals surface area contributed by atoms with Crippen molar-refractivity contribution in [3.63, 3.8) is 0 Å². The molecule has 1 aliphatic rings. The standard InChI is InChI=1S/C20H24N2O3/c1-24-18-5-3-15(4-6-18)13-17-14-22(12-9-19(17)25-2)20(23)16-7-10-21-11-8-16/h3-8,10-11,17,19H,9,12-14H2,1-2H3/t17-,19-/m1/s1. The van der Waals surface area contributed by atoms with E-state index in [1.165, 1.54) is 5.56 Å². The van der Waals surface area contributed by atoms with Crippen molar-refractivity contribution < 1.29 is 14.3 Å². The number of carbonyl (C=O) groups is 1. The lowest BCUT2D eigenvalue weighted by molar-refractivity contribution is -0.00299. The van der Waals surface area contributed by atoms with Crippen molar-refractivity contribution >= 4 is 5.91 Å². The number of nitrogens with zero attached hydrogens (tertiary/aromatic N) is 2. The van der Waals surface area contributed by atoms with E-state index in [1.54, 1.807) is 38.7 Å². The molecule has 2 aromatic rings. The Kier molecular flexibility index (Phi) is 5.66. The molecule has 0 bridgehead atoms. The van der Waals surface area contributed by atoms with Crippen LogP contribution in [0.4, 0.5) is 0 Å². The number of ether oxygens (including phenoxy) is 2. The number of pyridine rings is 1. The normalized spacial score (nSPS) is 20.3. The van der Waals surface area contributed by atoms with Crippen molar-refractivity contribution in [2.45, 2.75) is 18.9 Å². The summed E-state index contributed by atoms with van der Waals surface area (Å²) in [6, 6.07) is 11.6. The summed E-state index contributed by atoms with van der Waals surface area (Å²) in [5, 5.41) is 0. The highest BCUT2D eigenvalue weighted by Gasteiger charge is 2.32.